The minimum absolute atomic E-state index is 0.0807. The van der Waals surface area contributed by atoms with Crippen LogP contribution in [0.3, 0.4) is 0 Å². The number of aromatic nitrogens is 2. The lowest BCUT2D eigenvalue weighted by Crippen LogP contribution is -2.16. The first-order valence-corrected chi connectivity index (χ1v) is 10.3. The summed E-state index contributed by atoms with van der Waals surface area (Å²) in [7, 11) is -2.07. The van der Waals surface area contributed by atoms with Crippen molar-refractivity contribution in [2.45, 2.75) is 6.92 Å². The molecular formula is C19H19FN4O4S. The van der Waals surface area contributed by atoms with Crippen LogP contribution >= 0.6 is 0 Å². The molecule has 0 unspecified atom stereocenters. The minimum Gasteiger partial charge on any atom is -0.494 e. The van der Waals surface area contributed by atoms with Gasteiger partial charge in [-0.15, -0.1) is 0 Å². The van der Waals surface area contributed by atoms with Gasteiger partial charge in [0.1, 0.15) is 11.6 Å². The number of sulfonamides is 1. The number of anilines is 2. The Kier molecular flexibility index (Phi) is 5.83. The van der Waals surface area contributed by atoms with E-state index in [4.69, 9.17) is 4.74 Å². The molecule has 2 aromatic carbocycles. The molecule has 10 heteroatoms. The van der Waals surface area contributed by atoms with Gasteiger partial charge < -0.3 is 10.1 Å². The summed E-state index contributed by atoms with van der Waals surface area (Å²) < 4.78 is 45.9. The number of benzene rings is 2. The third-order valence-electron chi connectivity index (χ3n) is 4.00. The molecule has 1 heterocycles. The maximum absolute atomic E-state index is 13.4. The monoisotopic (exact) mass is 418 g/mol. The molecular weight excluding hydrogens is 399 g/mol. The molecule has 0 saturated carbocycles. The topological polar surface area (TPSA) is 102 Å². The number of hydrogen-bond acceptors (Lipinski definition) is 5. The van der Waals surface area contributed by atoms with Crippen LogP contribution < -0.4 is 14.8 Å². The first-order valence-electron chi connectivity index (χ1n) is 8.63. The summed E-state index contributed by atoms with van der Waals surface area (Å²) in [6, 6.07) is 11.9. The molecule has 2 N–H and O–H groups in total. The smallest absolute Gasteiger partial charge is 0.276 e. The second kappa shape index (κ2) is 8.31. The Labute approximate surface area is 167 Å². The van der Waals surface area contributed by atoms with Crippen LogP contribution in [0.4, 0.5) is 15.8 Å². The number of hydrogen-bond donors (Lipinski definition) is 2. The highest BCUT2D eigenvalue weighted by Gasteiger charge is 2.15. The Morgan fingerprint density at radius 2 is 2.00 bits per heavy atom. The molecule has 1 amide bonds. The second-order valence-corrected chi connectivity index (χ2v) is 8.01. The summed E-state index contributed by atoms with van der Waals surface area (Å²) in [6.07, 6.45) is 1.55. The quantitative estimate of drug-likeness (QED) is 0.614. The number of methoxy groups -OCH3 is 1. The fourth-order valence-corrected chi connectivity index (χ4v) is 3.14. The fourth-order valence-electron chi connectivity index (χ4n) is 2.50. The zero-order valence-electron chi connectivity index (χ0n) is 15.7. The molecule has 0 atom stereocenters. The number of amides is 1. The Morgan fingerprint density at radius 1 is 1.21 bits per heavy atom. The molecule has 152 valence electrons. The number of ether oxygens (including phenoxy) is 1. The molecule has 0 aliphatic carbocycles. The summed E-state index contributed by atoms with van der Waals surface area (Å²) in [5, 5.41) is 6.82. The summed E-state index contributed by atoms with van der Waals surface area (Å²) in [5.41, 5.74) is 1.27. The Hall–Kier alpha value is -3.40. The predicted molar refractivity (Wildman–Crippen MR) is 108 cm³/mol. The summed E-state index contributed by atoms with van der Waals surface area (Å²) in [5.74, 6) is -0.716. The first kappa shape index (κ1) is 20.3. The molecule has 3 aromatic rings. The van der Waals surface area contributed by atoms with Gasteiger partial charge >= 0.3 is 0 Å². The lowest BCUT2D eigenvalue weighted by atomic mass is 10.2. The fraction of sp³-hybridized carbons (Fsp3) is 0.158. The summed E-state index contributed by atoms with van der Waals surface area (Å²) in [6.45, 7) is 1.52. The molecule has 0 spiro atoms. The van der Waals surface area contributed by atoms with Gasteiger partial charge in [-0.2, -0.15) is 5.10 Å². The van der Waals surface area contributed by atoms with Gasteiger partial charge in [0.15, 0.2) is 5.69 Å². The van der Waals surface area contributed by atoms with E-state index in [1.54, 1.807) is 18.3 Å². The van der Waals surface area contributed by atoms with Crippen molar-refractivity contribution in [2.75, 3.05) is 22.9 Å². The van der Waals surface area contributed by atoms with Crippen molar-refractivity contribution in [2.24, 2.45) is 0 Å². The van der Waals surface area contributed by atoms with Crippen molar-refractivity contribution in [3.63, 3.8) is 0 Å². The van der Waals surface area contributed by atoms with E-state index in [1.807, 2.05) is 0 Å². The van der Waals surface area contributed by atoms with Crippen molar-refractivity contribution in [1.82, 2.24) is 9.78 Å². The van der Waals surface area contributed by atoms with Gasteiger partial charge in [-0.3, -0.25) is 9.52 Å². The van der Waals surface area contributed by atoms with E-state index >= 15 is 0 Å². The molecule has 0 saturated heterocycles. The van der Waals surface area contributed by atoms with Crippen molar-refractivity contribution in [3.05, 3.63) is 66.2 Å². The van der Waals surface area contributed by atoms with Gasteiger partial charge in [-0.05, 0) is 43.3 Å². The van der Waals surface area contributed by atoms with Gasteiger partial charge in [-0.1, -0.05) is 6.07 Å². The van der Waals surface area contributed by atoms with Crippen molar-refractivity contribution < 1.29 is 22.3 Å². The van der Waals surface area contributed by atoms with E-state index in [-0.39, 0.29) is 22.9 Å². The predicted octanol–water partition coefficient (Wildman–Crippen LogP) is 3.03. The lowest BCUT2D eigenvalue weighted by Gasteiger charge is -2.12. The molecule has 0 aliphatic heterocycles. The zero-order valence-corrected chi connectivity index (χ0v) is 16.5. The first-order chi connectivity index (χ1) is 13.8. The van der Waals surface area contributed by atoms with Crippen LogP contribution in [-0.2, 0) is 10.0 Å². The van der Waals surface area contributed by atoms with E-state index in [0.29, 0.717) is 11.4 Å². The van der Waals surface area contributed by atoms with Crippen LogP contribution in [0.15, 0.2) is 54.7 Å². The lowest BCUT2D eigenvalue weighted by molar-refractivity contribution is 0.102. The van der Waals surface area contributed by atoms with Crippen molar-refractivity contribution in [1.29, 1.82) is 0 Å². The summed E-state index contributed by atoms with van der Waals surface area (Å²) in [4.78, 5) is 12.5. The van der Waals surface area contributed by atoms with Crippen LogP contribution in [-0.4, -0.2) is 37.0 Å². The number of nitrogens with one attached hydrogen (secondary N) is 2. The standard InChI is InChI=1S/C19H19FN4O4S/c1-3-29(26,27)23-16-8-7-14(12-18(16)28-2)21-19(25)17-9-10-24(22-17)15-6-4-5-13(20)11-15/h4-12,23H,3H2,1-2H3,(H,21,25). The van der Waals surface area contributed by atoms with E-state index in [0.717, 1.165) is 0 Å². The molecule has 8 nitrogen and oxygen atoms in total. The molecule has 29 heavy (non-hydrogen) atoms. The number of carbonyl (C=O) groups is 1. The number of halogens is 1. The molecule has 0 aliphatic rings. The van der Waals surface area contributed by atoms with Gasteiger partial charge in [0.2, 0.25) is 10.0 Å². The average molecular weight is 418 g/mol. The number of nitrogens with zero attached hydrogens (tertiary/aromatic N) is 2. The number of rotatable bonds is 7. The normalized spacial score (nSPS) is 11.1. The highest BCUT2D eigenvalue weighted by atomic mass is 32.2. The Morgan fingerprint density at radius 3 is 2.69 bits per heavy atom. The third-order valence-corrected chi connectivity index (χ3v) is 5.29. The number of carbonyl (C=O) groups excluding carboxylic acids is 1. The van der Waals surface area contributed by atoms with E-state index in [9.17, 15) is 17.6 Å². The van der Waals surface area contributed by atoms with Crippen LogP contribution in [0.25, 0.3) is 5.69 Å². The largest absolute Gasteiger partial charge is 0.494 e. The van der Waals surface area contributed by atoms with Crippen LogP contribution in [0.1, 0.15) is 17.4 Å². The second-order valence-electron chi connectivity index (χ2n) is 6.00. The van der Waals surface area contributed by atoms with Crippen LogP contribution in [0, 0.1) is 5.82 Å². The van der Waals surface area contributed by atoms with E-state index in [1.165, 1.54) is 55.1 Å². The van der Waals surface area contributed by atoms with Crippen molar-refractivity contribution in [3.8, 4) is 11.4 Å². The van der Waals surface area contributed by atoms with Gasteiger partial charge in [0.25, 0.3) is 5.91 Å². The summed E-state index contributed by atoms with van der Waals surface area (Å²) >= 11 is 0. The van der Waals surface area contributed by atoms with Crippen LogP contribution in [0.5, 0.6) is 5.75 Å². The molecule has 0 bridgehead atoms. The Bertz CT molecular complexity index is 1140. The average Bonchev–Trinajstić information content (AvgIpc) is 3.19. The zero-order chi connectivity index (χ0) is 21.0. The maximum atomic E-state index is 13.4. The van der Waals surface area contributed by atoms with E-state index in [2.05, 4.69) is 15.1 Å². The maximum Gasteiger partial charge on any atom is 0.276 e. The van der Waals surface area contributed by atoms with Gasteiger partial charge in [0, 0.05) is 18.0 Å². The van der Waals surface area contributed by atoms with Gasteiger partial charge in [-0.25, -0.2) is 17.5 Å². The SMILES string of the molecule is CCS(=O)(=O)Nc1ccc(NC(=O)c2ccn(-c3cccc(F)c3)n2)cc1OC. The highest BCUT2D eigenvalue weighted by Crippen LogP contribution is 2.29. The van der Waals surface area contributed by atoms with Crippen molar-refractivity contribution >= 4 is 27.3 Å². The highest BCUT2D eigenvalue weighted by molar-refractivity contribution is 7.92. The minimum atomic E-state index is -3.47. The molecule has 0 fully saturated rings. The molecule has 0 radical (unpaired) electrons. The van der Waals surface area contributed by atoms with E-state index < -0.39 is 21.7 Å². The van der Waals surface area contributed by atoms with Gasteiger partial charge in [0.05, 0.1) is 24.2 Å². The Balaban J connectivity index is 1.77. The molecule has 3 rings (SSSR count). The molecule has 1 aromatic heterocycles. The third kappa shape index (κ3) is 4.91. The van der Waals surface area contributed by atoms with Crippen LogP contribution in [0.2, 0.25) is 0 Å².